The number of nitrogens with zero attached hydrogens (tertiary/aromatic N) is 2. The van der Waals surface area contributed by atoms with Crippen LogP contribution >= 0.6 is 0 Å². The summed E-state index contributed by atoms with van der Waals surface area (Å²) in [5.41, 5.74) is 4.38. The van der Waals surface area contributed by atoms with Gasteiger partial charge in [-0.2, -0.15) is 0 Å². The molecule has 2 aromatic carbocycles. The molecule has 0 atom stereocenters. The van der Waals surface area contributed by atoms with Crippen LogP contribution in [0, 0.1) is 17.0 Å². The molecule has 0 saturated carbocycles. The van der Waals surface area contributed by atoms with Gasteiger partial charge in [0.1, 0.15) is 0 Å². The fourth-order valence-electron chi connectivity index (χ4n) is 1.93. The van der Waals surface area contributed by atoms with Gasteiger partial charge in [-0.05, 0) is 31.2 Å². The number of hydrazine groups is 1. The first-order valence-corrected chi connectivity index (χ1v) is 6.34. The third kappa shape index (κ3) is 3.36. The highest BCUT2D eigenvalue weighted by Gasteiger charge is 2.14. The summed E-state index contributed by atoms with van der Waals surface area (Å²) in [6.07, 6.45) is 0. The van der Waals surface area contributed by atoms with Gasteiger partial charge in [0.05, 0.1) is 10.6 Å². The van der Waals surface area contributed by atoms with Crippen LogP contribution in [0.15, 0.2) is 48.5 Å². The molecule has 0 heterocycles. The van der Waals surface area contributed by atoms with Crippen LogP contribution in [-0.2, 0) is 0 Å². The van der Waals surface area contributed by atoms with E-state index in [-0.39, 0.29) is 11.6 Å². The summed E-state index contributed by atoms with van der Waals surface area (Å²) in [5, 5.41) is 12.4. The van der Waals surface area contributed by atoms with Gasteiger partial charge in [0.2, 0.25) is 0 Å². The van der Waals surface area contributed by atoms with E-state index in [0.717, 1.165) is 5.69 Å². The molecule has 0 fully saturated rings. The van der Waals surface area contributed by atoms with Crippen molar-refractivity contribution in [3.05, 3.63) is 69.8 Å². The number of hydrogen-bond acceptors (Lipinski definition) is 4. The van der Waals surface area contributed by atoms with E-state index in [1.165, 1.54) is 18.2 Å². The molecule has 21 heavy (non-hydrogen) atoms. The molecule has 0 spiro atoms. The fourth-order valence-corrected chi connectivity index (χ4v) is 1.93. The van der Waals surface area contributed by atoms with Crippen LogP contribution in [0.5, 0.6) is 0 Å². The largest absolute Gasteiger partial charge is 0.288 e. The van der Waals surface area contributed by atoms with Gasteiger partial charge < -0.3 is 0 Å². The van der Waals surface area contributed by atoms with Gasteiger partial charge in [0.15, 0.2) is 0 Å². The molecule has 0 aromatic heterocycles. The molecular formula is C15H15N3O3. The van der Waals surface area contributed by atoms with Gasteiger partial charge in [-0.15, -0.1) is 0 Å². The Morgan fingerprint density at radius 1 is 1.19 bits per heavy atom. The van der Waals surface area contributed by atoms with Crippen LogP contribution in [0.3, 0.4) is 0 Å². The Hall–Kier alpha value is -2.89. The molecule has 2 aromatic rings. The van der Waals surface area contributed by atoms with E-state index in [1.807, 2.05) is 30.3 Å². The standard InChI is InChI=1S/C15H15N3O3/c1-11-10-12(8-9-14(11)18(20)21)15(19)16-17(2)13-6-4-3-5-7-13/h3-10H,1-2H3,(H,16,19). The molecule has 0 aliphatic rings. The summed E-state index contributed by atoms with van der Waals surface area (Å²) in [7, 11) is 1.73. The normalized spacial score (nSPS) is 10.0. The highest BCUT2D eigenvalue weighted by molar-refractivity contribution is 5.95. The van der Waals surface area contributed by atoms with Crippen LogP contribution in [0.25, 0.3) is 0 Å². The maximum absolute atomic E-state index is 12.1. The minimum atomic E-state index is -0.465. The van der Waals surface area contributed by atoms with Crippen molar-refractivity contribution in [1.29, 1.82) is 0 Å². The SMILES string of the molecule is Cc1cc(C(=O)NN(C)c2ccccc2)ccc1[N+](=O)[O-]. The summed E-state index contributed by atoms with van der Waals surface area (Å²) in [6.45, 7) is 1.61. The maximum atomic E-state index is 12.1. The lowest BCUT2D eigenvalue weighted by Gasteiger charge is -2.20. The van der Waals surface area contributed by atoms with Crippen molar-refractivity contribution in [3.8, 4) is 0 Å². The number of carbonyl (C=O) groups excluding carboxylic acids is 1. The fraction of sp³-hybridized carbons (Fsp3) is 0.133. The van der Waals surface area contributed by atoms with Gasteiger partial charge in [-0.3, -0.25) is 25.3 Å². The lowest BCUT2D eigenvalue weighted by Crippen LogP contribution is -2.39. The Bertz CT molecular complexity index is 671. The molecule has 2 rings (SSSR count). The number of anilines is 1. The van der Waals surface area contributed by atoms with Crippen molar-refractivity contribution in [3.63, 3.8) is 0 Å². The second-order valence-electron chi connectivity index (χ2n) is 4.59. The summed E-state index contributed by atoms with van der Waals surface area (Å²) >= 11 is 0. The van der Waals surface area contributed by atoms with Crippen molar-refractivity contribution in [2.24, 2.45) is 0 Å². The van der Waals surface area contributed by atoms with Crippen molar-refractivity contribution in [2.45, 2.75) is 6.92 Å². The lowest BCUT2D eigenvalue weighted by atomic mass is 10.1. The van der Waals surface area contributed by atoms with Crippen LogP contribution < -0.4 is 10.4 Å². The average molecular weight is 285 g/mol. The highest BCUT2D eigenvalue weighted by Crippen LogP contribution is 2.19. The van der Waals surface area contributed by atoms with Crippen molar-refractivity contribution < 1.29 is 9.72 Å². The first-order valence-electron chi connectivity index (χ1n) is 6.34. The molecule has 0 aliphatic heterocycles. The number of nitro groups is 1. The van der Waals surface area contributed by atoms with Crippen LogP contribution in [0.4, 0.5) is 11.4 Å². The monoisotopic (exact) mass is 285 g/mol. The topological polar surface area (TPSA) is 75.5 Å². The minimum Gasteiger partial charge on any atom is -0.288 e. The smallest absolute Gasteiger partial charge is 0.272 e. The Labute approximate surface area is 122 Å². The summed E-state index contributed by atoms with van der Waals surface area (Å²) in [4.78, 5) is 22.4. The van der Waals surface area contributed by atoms with Crippen molar-refractivity contribution >= 4 is 17.3 Å². The molecule has 1 N–H and O–H groups in total. The zero-order valence-corrected chi connectivity index (χ0v) is 11.7. The maximum Gasteiger partial charge on any atom is 0.272 e. The van der Waals surface area contributed by atoms with Crippen LogP contribution in [0.1, 0.15) is 15.9 Å². The Balaban J connectivity index is 2.14. The van der Waals surface area contributed by atoms with Gasteiger partial charge in [0, 0.05) is 24.2 Å². The number of hydrogen-bond donors (Lipinski definition) is 1. The summed E-state index contributed by atoms with van der Waals surface area (Å²) in [5.74, 6) is -0.320. The van der Waals surface area contributed by atoms with E-state index in [2.05, 4.69) is 5.43 Å². The van der Waals surface area contributed by atoms with Crippen molar-refractivity contribution in [2.75, 3.05) is 12.1 Å². The van der Waals surface area contributed by atoms with E-state index in [0.29, 0.717) is 11.1 Å². The number of aryl methyl sites for hydroxylation is 1. The zero-order valence-electron chi connectivity index (χ0n) is 11.7. The molecule has 0 unspecified atom stereocenters. The van der Waals surface area contributed by atoms with Crippen LogP contribution in [0.2, 0.25) is 0 Å². The number of benzene rings is 2. The first-order chi connectivity index (χ1) is 9.99. The Morgan fingerprint density at radius 2 is 1.86 bits per heavy atom. The number of rotatable bonds is 4. The summed E-state index contributed by atoms with van der Waals surface area (Å²) in [6, 6.07) is 13.6. The second-order valence-corrected chi connectivity index (χ2v) is 4.59. The Morgan fingerprint density at radius 3 is 2.43 bits per heavy atom. The molecule has 6 nitrogen and oxygen atoms in total. The first kappa shape index (κ1) is 14.5. The second kappa shape index (κ2) is 6.04. The molecular weight excluding hydrogens is 270 g/mol. The third-order valence-corrected chi connectivity index (χ3v) is 3.07. The predicted octanol–water partition coefficient (Wildman–Crippen LogP) is 2.68. The number of para-hydroxylation sites is 1. The summed E-state index contributed by atoms with van der Waals surface area (Å²) < 4.78 is 0. The average Bonchev–Trinajstić information content (AvgIpc) is 2.47. The number of nitro benzene ring substituents is 1. The minimum absolute atomic E-state index is 0.00274. The highest BCUT2D eigenvalue weighted by atomic mass is 16.6. The number of nitrogens with one attached hydrogen (secondary N) is 1. The van der Waals surface area contributed by atoms with E-state index in [9.17, 15) is 14.9 Å². The molecule has 0 radical (unpaired) electrons. The van der Waals surface area contributed by atoms with E-state index in [4.69, 9.17) is 0 Å². The number of carbonyl (C=O) groups is 1. The van der Waals surface area contributed by atoms with E-state index < -0.39 is 4.92 Å². The molecule has 0 saturated heterocycles. The zero-order chi connectivity index (χ0) is 15.4. The molecule has 1 amide bonds. The molecule has 0 aliphatic carbocycles. The molecule has 6 heteroatoms. The van der Waals surface area contributed by atoms with Gasteiger partial charge >= 0.3 is 0 Å². The third-order valence-electron chi connectivity index (χ3n) is 3.07. The van der Waals surface area contributed by atoms with E-state index in [1.54, 1.807) is 19.0 Å². The quantitative estimate of drug-likeness (QED) is 0.692. The van der Waals surface area contributed by atoms with Crippen LogP contribution in [-0.4, -0.2) is 17.9 Å². The van der Waals surface area contributed by atoms with E-state index >= 15 is 0 Å². The Kier molecular flexibility index (Phi) is 4.18. The van der Waals surface area contributed by atoms with Gasteiger partial charge in [-0.25, -0.2) is 0 Å². The molecule has 108 valence electrons. The lowest BCUT2D eigenvalue weighted by molar-refractivity contribution is -0.385. The van der Waals surface area contributed by atoms with Crippen molar-refractivity contribution in [1.82, 2.24) is 5.43 Å². The molecule has 0 bridgehead atoms. The van der Waals surface area contributed by atoms with Gasteiger partial charge in [0.25, 0.3) is 11.6 Å². The predicted molar refractivity (Wildman–Crippen MR) is 80.1 cm³/mol. The number of amides is 1. The van der Waals surface area contributed by atoms with Gasteiger partial charge in [-0.1, -0.05) is 18.2 Å².